The first-order valence-electron chi connectivity index (χ1n) is 9.88. The average Bonchev–Trinajstić information content (AvgIpc) is 3.14. The lowest BCUT2D eigenvalue weighted by atomic mass is 9.95. The van der Waals surface area contributed by atoms with Crippen LogP contribution in [0, 0.1) is 5.82 Å². The predicted octanol–water partition coefficient (Wildman–Crippen LogP) is 2.79. The van der Waals surface area contributed by atoms with Crippen molar-refractivity contribution in [1.29, 1.82) is 0 Å². The van der Waals surface area contributed by atoms with Gasteiger partial charge in [-0.3, -0.25) is 9.36 Å². The zero-order chi connectivity index (χ0) is 21.1. The van der Waals surface area contributed by atoms with Crippen LogP contribution in [0.2, 0.25) is 0 Å². The maximum Gasteiger partial charge on any atom is 0.343 e. The fraction of sp³-hybridized carbons (Fsp3) is 0.318. The predicted molar refractivity (Wildman–Crippen MR) is 109 cm³/mol. The molecule has 0 aliphatic carbocycles. The Labute approximate surface area is 173 Å². The summed E-state index contributed by atoms with van der Waals surface area (Å²) < 4.78 is 19.9. The van der Waals surface area contributed by atoms with Gasteiger partial charge in [0.25, 0.3) is 5.91 Å². The molecule has 0 atom stereocenters. The minimum absolute atomic E-state index is 0.0828. The summed E-state index contributed by atoms with van der Waals surface area (Å²) in [5.74, 6) is 1.09. The third-order valence-electron chi connectivity index (χ3n) is 5.53. The van der Waals surface area contributed by atoms with Gasteiger partial charge in [-0.1, -0.05) is 12.1 Å². The molecule has 2 heterocycles. The minimum atomic E-state index is -0.362. The first-order valence-corrected chi connectivity index (χ1v) is 9.88. The first kappa shape index (κ1) is 19.9. The lowest BCUT2D eigenvalue weighted by Crippen LogP contribution is -2.38. The number of nitrogens with zero attached hydrogens (tertiary/aromatic N) is 3. The molecule has 0 unspecified atom stereocenters. The fourth-order valence-electron chi connectivity index (χ4n) is 3.82. The second-order valence-electron chi connectivity index (χ2n) is 7.39. The zero-order valence-corrected chi connectivity index (χ0v) is 16.7. The number of halogens is 1. The molecule has 3 aromatic rings. The van der Waals surface area contributed by atoms with E-state index < -0.39 is 0 Å². The van der Waals surface area contributed by atoms with E-state index in [0.29, 0.717) is 43.9 Å². The van der Waals surface area contributed by atoms with Crippen LogP contribution >= 0.6 is 0 Å². The number of hydrogen-bond acceptors (Lipinski definition) is 4. The molecule has 1 aliphatic rings. The van der Waals surface area contributed by atoms with Crippen LogP contribution in [0.3, 0.4) is 0 Å². The number of likely N-dealkylation sites (tertiary alicyclic amines) is 1. The van der Waals surface area contributed by atoms with Crippen LogP contribution in [-0.2, 0) is 6.54 Å². The Balaban J connectivity index is 1.44. The third kappa shape index (κ3) is 4.12. The number of piperidine rings is 1. The minimum Gasteiger partial charge on any atom is -0.497 e. The van der Waals surface area contributed by atoms with Gasteiger partial charge in [-0.2, -0.15) is 5.10 Å². The highest BCUT2D eigenvalue weighted by Gasteiger charge is 2.28. The molecule has 1 aliphatic heterocycles. The lowest BCUT2D eigenvalue weighted by molar-refractivity contribution is 0.0710. The monoisotopic (exact) mass is 410 g/mol. The van der Waals surface area contributed by atoms with Crippen LogP contribution in [0.15, 0.2) is 53.3 Å². The van der Waals surface area contributed by atoms with Crippen molar-refractivity contribution in [3.63, 3.8) is 0 Å². The SMILES string of the molecule is COc1ccc(Cn2c(C3CCN(C(=O)c4ccc(F)cc4)CC3)n[nH]c2=O)cc1. The van der Waals surface area contributed by atoms with E-state index >= 15 is 0 Å². The van der Waals surface area contributed by atoms with Gasteiger partial charge < -0.3 is 9.64 Å². The van der Waals surface area contributed by atoms with Crippen LogP contribution in [0.5, 0.6) is 5.75 Å². The Kier molecular flexibility index (Phi) is 5.65. The van der Waals surface area contributed by atoms with E-state index in [1.807, 2.05) is 24.3 Å². The first-order chi connectivity index (χ1) is 14.5. The smallest absolute Gasteiger partial charge is 0.343 e. The second-order valence-corrected chi connectivity index (χ2v) is 7.39. The quantitative estimate of drug-likeness (QED) is 0.702. The van der Waals surface area contributed by atoms with Crippen LogP contribution in [0.4, 0.5) is 4.39 Å². The van der Waals surface area contributed by atoms with Crippen molar-refractivity contribution in [3.05, 3.63) is 81.8 Å². The number of H-pyrrole nitrogens is 1. The summed E-state index contributed by atoms with van der Waals surface area (Å²) >= 11 is 0. The largest absolute Gasteiger partial charge is 0.497 e. The Morgan fingerprint density at radius 1 is 1.13 bits per heavy atom. The van der Waals surface area contributed by atoms with E-state index in [0.717, 1.165) is 11.3 Å². The van der Waals surface area contributed by atoms with Gasteiger partial charge >= 0.3 is 5.69 Å². The third-order valence-corrected chi connectivity index (χ3v) is 5.53. The standard InChI is InChI=1S/C22H23FN4O3/c1-30-19-8-2-15(3-9-19)14-27-20(24-25-22(27)29)16-10-12-26(13-11-16)21(28)17-4-6-18(23)7-5-17/h2-9,16H,10-14H2,1H3,(H,25,29). The molecule has 30 heavy (non-hydrogen) atoms. The molecule has 7 nitrogen and oxygen atoms in total. The van der Waals surface area contributed by atoms with Gasteiger partial charge in [-0.15, -0.1) is 0 Å². The number of hydrogen-bond donors (Lipinski definition) is 1. The summed E-state index contributed by atoms with van der Waals surface area (Å²) in [5, 5.41) is 6.82. The van der Waals surface area contributed by atoms with Crippen molar-refractivity contribution in [3.8, 4) is 5.75 Å². The Bertz CT molecular complexity index is 1070. The molecule has 0 bridgehead atoms. The highest BCUT2D eigenvalue weighted by molar-refractivity contribution is 5.94. The van der Waals surface area contributed by atoms with Crippen molar-refractivity contribution in [2.45, 2.75) is 25.3 Å². The zero-order valence-electron chi connectivity index (χ0n) is 16.7. The molecule has 4 rings (SSSR count). The number of aromatic amines is 1. The van der Waals surface area contributed by atoms with Crippen LogP contribution in [-0.4, -0.2) is 45.8 Å². The molecule has 0 radical (unpaired) electrons. The van der Waals surface area contributed by atoms with Gasteiger partial charge in [-0.05, 0) is 54.8 Å². The summed E-state index contributed by atoms with van der Waals surface area (Å²) in [5.41, 5.74) is 1.21. The highest BCUT2D eigenvalue weighted by Crippen LogP contribution is 2.27. The number of rotatable bonds is 5. The van der Waals surface area contributed by atoms with E-state index in [2.05, 4.69) is 10.2 Å². The van der Waals surface area contributed by atoms with Gasteiger partial charge in [-0.25, -0.2) is 14.3 Å². The van der Waals surface area contributed by atoms with Gasteiger partial charge in [0, 0.05) is 24.6 Å². The van der Waals surface area contributed by atoms with Crippen molar-refractivity contribution < 1.29 is 13.9 Å². The fourth-order valence-corrected chi connectivity index (χ4v) is 3.82. The molecule has 156 valence electrons. The number of carbonyl (C=O) groups excluding carboxylic acids is 1. The summed E-state index contributed by atoms with van der Waals surface area (Å²) in [6, 6.07) is 13.2. The van der Waals surface area contributed by atoms with Crippen molar-refractivity contribution in [1.82, 2.24) is 19.7 Å². The van der Waals surface area contributed by atoms with Crippen LogP contribution in [0.1, 0.15) is 40.5 Å². The molecule has 1 N–H and O–H groups in total. The molecule has 1 amide bonds. The van der Waals surface area contributed by atoms with E-state index in [9.17, 15) is 14.0 Å². The molecule has 1 aromatic heterocycles. The van der Waals surface area contributed by atoms with E-state index in [1.54, 1.807) is 16.6 Å². The van der Waals surface area contributed by atoms with Crippen molar-refractivity contribution in [2.24, 2.45) is 0 Å². The lowest BCUT2D eigenvalue weighted by Gasteiger charge is -2.31. The van der Waals surface area contributed by atoms with Gasteiger partial charge in [0.1, 0.15) is 17.4 Å². The molecule has 0 spiro atoms. The Hall–Kier alpha value is -3.42. The number of ether oxygens (including phenoxy) is 1. The molecule has 0 saturated carbocycles. The molecule has 8 heteroatoms. The number of aromatic nitrogens is 3. The van der Waals surface area contributed by atoms with E-state index in [1.165, 1.54) is 24.3 Å². The molecular formula is C22H23FN4O3. The summed E-state index contributed by atoms with van der Waals surface area (Å²) in [6.45, 7) is 1.54. The number of benzene rings is 2. The van der Waals surface area contributed by atoms with Gasteiger partial charge in [0.05, 0.1) is 13.7 Å². The normalized spacial score (nSPS) is 14.7. The van der Waals surface area contributed by atoms with Crippen molar-refractivity contribution in [2.75, 3.05) is 20.2 Å². The Morgan fingerprint density at radius 3 is 2.43 bits per heavy atom. The van der Waals surface area contributed by atoms with Crippen molar-refractivity contribution >= 4 is 5.91 Å². The van der Waals surface area contributed by atoms with E-state index in [4.69, 9.17) is 4.74 Å². The second kappa shape index (κ2) is 8.52. The van der Waals surface area contributed by atoms with Crippen LogP contribution < -0.4 is 10.4 Å². The topological polar surface area (TPSA) is 80.2 Å². The molecule has 2 aromatic carbocycles. The molecule has 1 saturated heterocycles. The maximum atomic E-state index is 13.1. The summed E-state index contributed by atoms with van der Waals surface area (Å²) in [6.07, 6.45) is 1.42. The number of amides is 1. The number of methoxy groups -OCH3 is 1. The van der Waals surface area contributed by atoms with Gasteiger partial charge in [0.15, 0.2) is 0 Å². The van der Waals surface area contributed by atoms with E-state index in [-0.39, 0.29) is 23.3 Å². The summed E-state index contributed by atoms with van der Waals surface area (Å²) in [7, 11) is 1.61. The molecular weight excluding hydrogens is 387 g/mol. The average molecular weight is 410 g/mol. The molecule has 1 fully saturated rings. The highest BCUT2D eigenvalue weighted by atomic mass is 19.1. The number of carbonyl (C=O) groups is 1. The van der Waals surface area contributed by atoms with Gasteiger partial charge in [0.2, 0.25) is 0 Å². The summed E-state index contributed by atoms with van der Waals surface area (Å²) in [4.78, 5) is 26.7. The van der Waals surface area contributed by atoms with Crippen LogP contribution in [0.25, 0.3) is 0 Å². The number of nitrogens with one attached hydrogen (secondary N) is 1. The maximum absolute atomic E-state index is 13.1. The Morgan fingerprint density at radius 2 is 1.80 bits per heavy atom.